The molecular formula is C16H21N5O2. The van der Waals surface area contributed by atoms with Crippen molar-refractivity contribution in [2.24, 2.45) is 0 Å². The average Bonchev–Trinajstić information content (AvgIpc) is 2.87. The van der Waals surface area contributed by atoms with E-state index in [0.29, 0.717) is 5.69 Å². The molecule has 2 aromatic rings. The molecule has 1 heterocycles. The van der Waals surface area contributed by atoms with Gasteiger partial charge in [-0.1, -0.05) is 0 Å². The van der Waals surface area contributed by atoms with E-state index < -0.39 is 12.1 Å². The molecule has 23 heavy (non-hydrogen) atoms. The quantitative estimate of drug-likeness (QED) is 0.803. The number of hydrogen-bond donors (Lipinski definition) is 3. The highest BCUT2D eigenvalue weighted by atomic mass is 16.2. The molecule has 0 saturated heterocycles. The van der Waals surface area contributed by atoms with Crippen LogP contribution in [-0.4, -0.2) is 34.6 Å². The first-order valence-electron chi connectivity index (χ1n) is 7.32. The summed E-state index contributed by atoms with van der Waals surface area (Å²) in [5.41, 5.74) is 3.69. The second kappa shape index (κ2) is 6.95. The molecule has 0 fully saturated rings. The fourth-order valence-electron chi connectivity index (χ4n) is 2.05. The summed E-state index contributed by atoms with van der Waals surface area (Å²) in [6, 6.07) is 6.41. The summed E-state index contributed by atoms with van der Waals surface area (Å²) in [4.78, 5) is 27.5. The number of aromatic nitrogens is 2. The van der Waals surface area contributed by atoms with Gasteiger partial charge in [-0.25, -0.2) is 9.78 Å². The molecule has 0 unspecified atom stereocenters. The van der Waals surface area contributed by atoms with Crippen molar-refractivity contribution < 1.29 is 9.59 Å². The Balaban J connectivity index is 2.04. The Morgan fingerprint density at radius 1 is 1.17 bits per heavy atom. The second-order valence-corrected chi connectivity index (χ2v) is 5.27. The van der Waals surface area contributed by atoms with Crippen LogP contribution in [-0.2, 0) is 4.79 Å². The topological polar surface area (TPSA) is 88.0 Å². The Morgan fingerprint density at radius 3 is 2.35 bits per heavy atom. The number of imidazole rings is 1. The maximum atomic E-state index is 12.0. The monoisotopic (exact) mass is 315 g/mol. The highest BCUT2D eigenvalue weighted by Gasteiger charge is 2.14. The minimum absolute atomic E-state index is 0.281. The van der Waals surface area contributed by atoms with Crippen molar-refractivity contribution in [1.29, 1.82) is 0 Å². The van der Waals surface area contributed by atoms with Crippen LogP contribution < -0.4 is 16.0 Å². The van der Waals surface area contributed by atoms with Crippen molar-refractivity contribution in [3.8, 4) is 5.69 Å². The van der Waals surface area contributed by atoms with Gasteiger partial charge in [-0.05, 0) is 45.0 Å². The Labute approximate surface area is 135 Å². The molecule has 7 nitrogen and oxygen atoms in total. The Hall–Kier alpha value is -2.83. The van der Waals surface area contributed by atoms with E-state index in [2.05, 4.69) is 20.9 Å². The van der Waals surface area contributed by atoms with E-state index >= 15 is 0 Å². The van der Waals surface area contributed by atoms with Crippen LogP contribution in [0.5, 0.6) is 0 Å². The van der Waals surface area contributed by atoms with Crippen LogP contribution in [0, 0.1) is 13.8 Å². The van der Waals surface area contributed by atoms with Crippen molar-refractivity contribution >= 4 is 17.6 Å². The summed E-state index contributed by atoms with van der Waals surface area (Å²) < 4.78 is 1.98. The molecule has 1 aromatic heterocycles. The first-order valence-corrected chi connectivity index (χ1v) is 7.32. The standard InChI is InChI=1S/C16H21N5O2/c1-10-12(3)21(9-18-10)14-7-5-13(6-8-14)20-15(22)11(2)19-16(23)17-4/h5-9,11H,1-4H3,(H,20,22)(H2,17,19,23)/t11-/m0/s1. The van der Waals surface area contributed by atoms with Crippen LogP contribution in [0.25, 0.3) is 5.69 Å². The summed E-state index contributed by atoms with van der Waals surface area (Å²) in [6.07, 6.45) is 1.77. The van der Waals surface area contributed by atoms with Crippen LogP contribution in [0.15, 0.2) is 30.6 Å². The van der Waals surface area contributed by atoms with Crippen LogP contribution in [0.3, 0.4) is 0 Å². The molecule has 0 aliphatic rings. The van der Waals surface area contributed by atoms with Crippen molar-refractivity contribution in [3.63, 3.8) is 0 Å². The molecule has 3 amide bonds. The highest BCUT2D eigenvalue weighted by molar-refractivity contribution is 5.96. The van der Waals surface area contributed by atoms with E-state index in [-0.39, 0.29) is 5.91 Å². The minimum Gasteiger partial charge on any atom is -0.341 e. The fourth-order valence-corrected chi connectivity index (χ4v) is 2.05. The lowest BCUT2D eigenvalue weighted by molar-refractivity contribution is -0.117. The number of aryl methyl sites for hydroxylation is 1. The molecule has 3 N–H and O–H groups in total. The van der Waals surface area contributed by atoms with E-state index in [1.165, 1.54) is 7.05 Å². The number of nitrogens with one attached hydrogen (secondary N) is 3. The van der Waals surface area contributed by atoms with E-state index in [1.807, 2.05) is 42.7 Å². The molecule has 2 rings (SSSR count). The van der Waals surface area contributed by atoms with E-state index in [9.17, 15) is 9.59 Å². The van der Waals surface area contributed by atoms with Gasteiger partial charge in [-0.15, -0.1) is 0 Å². The number of nitrogens with zero attached hydrogens (tertiary/aromatic N) is 2. The number of hydrogen-bond acceptors (Lipinski definition) is 3. The zero-order chi connectivity index (χ0) is 17.0. The van der Waals surface area contributed by atoms with Crippen LogP contribution >= 0.6 is 0 Å². The molecule has 0 aliphatic carbocycles. The Morgan fingerprint density at radius 2 is 1.83 bits per heavy atom. The predicted octanol–water partition coefficient (Wildman–Crippen LogP) is 1.75. The summed E-state index contributed by atoms with van der Waals surface area (Å²) in [7, 11) is 1.50. The van der Waals surface area contributed by atoms with Gasteiger partial charge in [-0.3, -0.25) is 4.79 Å². The zero-order valence-corrected chi connectivity index (χ0v) is 13.7. The normalized spacial score (nSPS) is 11.7. The van der Waals surface area contributed by atoms with Crippen LogP contribution in [0.1, 0.15) is 18.3 Å². The smallest absolute Gasteiger partial charge is 0.315 e. The van der Waals surface area contributed by atoms with Gasteiger partial charge >= 0.3 is 6.03 Å². The van der Waals surface area contributed by atoms with Gasteiger partial charge in [0.15, 0.2) is 0 Å². The lowest BCUT2D eigenvalue weighted by Crippen LogP contribution is -2.45. The van der Waals surface area contributed by atoms with Crippen molar-refractivity contribution in [3.05, 3.63) is 42.0 Å². The second-order valence-electron chi connectivity index (χ2n) is 5.27. The molecule has 122 valence electrons. The third-order valence-electron chi connectivity index (χ3n) is 3.63. The SMILES string of the molecule is CNC(=O)N[C@@H](C)C(=O)Nc1ccc(-n2cnc(C)c2C)cc1. The van der Waals surface area contributed by atoms with Crippen molar-refractivity contribution in [2.75, 3.05) is 12.4 Å². The summed E-state index contributed by atoms with van der Waals surface area (Å²) >= 11 is 0. The molecule has 0 bridgehead atoms. The largest absolute Gasteiger partial charge is 0.341 e. The maximum Gasteiger partial charge on any atom is 0.315 e. The first-order chi connectivity index (χ1) is 10.9. The average molecular weight is 315 g/mol. The number of carbonyl (C=O) groups is 2. The molecule has 0 radical (unpaired) electrons. The number of rotatable bonds is 4. The minimum atomic E-state index is -0.631. The lowest BCUT2D eigenvalue weighted by atomic mass is 10.2. The Kier molecular flexibility index (Phi) is 5.00. The lowest BCUT2D eigenvalue weighted by Gasteiger charge is -2.14. The van der Waals surface area contributed by atoms with E-state index in [4.69, 9.17) is 0 Å². The van der Waals surface area contributed by atoms with Gasteiger partial charge in [0.05, 0.1) is 12.0 Å². The van der Waals surface area contributed by atoms with Crippen LogP contribution in [0.4, 0.5) is 10.5 Å². The third kappa shape index (κ3) is 3.88. The summed E-state index contributed by atoms with van der Waals surface area (Å²) in [5, 5.41) is 7.69. The van der Waals surface area contributed by atoms with Crippen molar-refractivity contribution in [1.82, 2.24) is 20.2 Å². The number of amides is 3. The van der Waals surface area contributed by atoms with E-state index in [0.717, 1.165) is 17.1 Å². The molecule has 0 spiro atoms. The summed E-state index contributed by atoms with van der Waals surface area (Å²) in [6.45, 7) is 5.59. The number of benzene rings is 1. The number of urea groups is 1. The fraction of sp³-hybridized carbons (Fsp3) is 0.312. The molecule has 0 saturated carbocycles. The molecular weight excluding hydrogens is 294 g/mol. The highest BCUT2D eigenvalue weighted by Crippen LogP contribution is 2.16. The molecule has 0 aliphatic heterocycles. The van der Waals surface area contributed by atoms with Gasteiger partial charge in [0.2, 0.25) is 5.91 Å². The van der Waals surface area contributed by atoms with Crippen molar-refractivity contribution in [2.45, 2.75) is 26.8 Å². The molecule has 7 heteroatoms. The van der Waals surface area contributed by atoms with Gasteiger partial charge in [-0.2, -0.15) is 0 Å². The maximum absolute atomic E-state index is 12.0. The molecule has 1 aromatic carbocycles. The van der Waals surface area contributed by atoms with Gasteiger partial charge in [0, 0.05) is 24.1 Å². The zero-order valence-electron chi connectivity index (χ0n) is 13.7. The van der Waals surface area contributed by atoms with Gasteiger partial charge < -0.3 is 20.5 Å². The number of anilines is 1. The first kappa shape index (κ1) is 16.5. The number of carbonyl (C=O) groups excluding carboxylic acids is 2. The van der Waals surface area contributed by atoms with Crippen LogP contribution in [0.2, 0.25) is 0 Å². The third-order valence-corrected chi connectivity index (χ3v) is 3.63. The van der Waals surface area contributed by atoms with Gasteiger partial charge in [0.25, 0.3) is 0 Å². The van der Waals surface area contributed by atoms with Gasteiger partial charge in [0.1, 0.15) is 6.04 Å². The molecule has 1 atom stereocenters. The summed E-state index contributed by atoms with van der Waals surface area (Å²) in [5.74, 6) is -0.281. The van der Waals surface area contributed by atoms with E-state index in [1.54, 1.807) is 13.3 Å². The predicted molar refractivity (Wildman–Crippen MR) is 88.7 cm³/mol. The Bertz CT molecular complexity index is 706.